The Balaban J connectivity index is 1.33. The lowest BCUT2D eigenvalue weighted by molar-refractivity contribution is -0.384. The van der Waals surface area contributed by atoms with E-state index in [4.69, 9.17) is 9.15 Å². The van der Waals surface area contributed by atoms with Gasteiger partial charge in [-0.2, -0.15) is 0 Å². The molecule has 1 fully saturated rings. The molecule has 4 aromatic rings. The molecule has 38 heavy (non-hydrogen) atoms. The molecule has 0 bridgehead atoms. The summed E-state index contributed by atoms with van der Waals surface area (Å²) in [6, 6.07) is 20.7. The molecule has 1 aromatic heterocycles. The highest BCUT2D eigenvalue weighted by Crippen LogP contribution is 2.33. The maximum Gasteiger partial charge on any atom is 0.291 e. The van der Waals surface area contributed by atoms with Gasteiger partial charge in [0.25, 0.3) is 11.6 Å². The largest absolute Gasteiger partial charge is 0.495 e. The number of benzene rings is 3. The third-order valence-corrected chi connectivity index (χ3v) is 6.56. The third kappa shape index (κ3) is 5.01. The average molecular weight is 515 g/mol. The summed E-state index contributed by atoms with van der Waals surface area (Å²) in [5, 5.41) is 14.4. The Morgan fingerprint density at radius 2 is 1.66 bits per heavy atom. The monoisotopic (exact) mass is 514 g/mol. The predicted octanol–water partition coefficient (Wildman–Crippen LogP) is 4.49. The molecular formula is C28H26N4O6. The Hall–Kier alpha value is -4.86. The minimum absolute atomic E-state index is 0.0112. The molecule has 1 saturated heterocycles. The van der Waals surface area contributed by atoms with Gasteiger partial charge in [-0.1, -0.05) is 36.4 Å². The van der Waals surface area contributed by atoms with Crippen LogP contribution < -0.4 is 15.0 Å². The maximum atomic E-state index is 13.6. The SMILES string of the molecule is COc1ccccc1N1CCN(C(=O)c2oc3ccccc3c2NC(=O)Cc2ccc([N+](=O)[O-])cc2)CC1. The summed E-state index contributed by atoms with van der Waals surface area (Å²) in [6.45, 7) is 2.19. The summed E-state index contributed by atoms with van der Waals surface area (Å²) in [4.78, 5) is 40.8. The Bertz CT molecular complexity index is 1490. The predicted molar refractivity (Wildman–Crippen MR) is 143 cm³/mol. The molecule has 0 spiro atoms. The number of rotatable bonds is 7. The van der Waals surface area contributed by atoms with Crippen molar-refractivity contribution in [3.8, 4) is 5.75 Å². The molecule has 2 amide bonds. The first kappa shape index (κ1) is 24.8. The topological polar surface area (TPSA) is 118 Å². The second-order valence-electron chi connectivity index (χ2n) is 8.90. The smallest absolute Gasteiger partial charge is 0.291 e. The van der Waals surface area contributed by atoms with Crippen molar-refractivity contribution in [2.24, 2.45) is 0 Å². The van der Waals surface area contributed by atoms with Crippen LogP contribution in [0.25, 0.3) is 11.0 Å². The molecule has 194 valence electrons. The van der Waals surface area contributed by atoms with Gasteiger partial charge in [0.1, 0.15) is 17.0 Å². The number of nitro benzene ring substituents is 1. The van der Waals surface area contributed by atoms with Gasteiger partial charge in [-0.05, 0) is 29.8 Å². The fraction of sp³-hybridized carbons (Fsp3) is 0.214. The van der Waals surface area contributed by atoms with Crippen molar-refractivity contribution in [1.82, 2.24) is 4.90 Å². The van der Waals surface area contributed by atoms with Crippen molar-refractivity contribution < 1.29 is 23.7 Å². The van der Waals surface area contributed by atoms with Crippen molar-refractivity contribution in [2.45, 2.75) is 6.42 Å². The molecular weight excluding hydrogens is 488 g/mol. The first-order chi connectivity index (χ1) is 18.4. The van der Waals surface area contributed by atoms with E-state index in [0.717, 1.165) is 11.4 Å². The standard InChI is InChI=1S/C28H26N4O6/c1-37-24-9-5-3-7-22(24)30-14-16-31(17-15-30)28(34)27-26(21-6-2-4-8-23(21)38-27)29-25(33)18-19-10-12-20(13-11-19)32(35)36/h2-13H,14-18H2,1H3,(H,29,33). The van der Waals surface area contributed by atoms with Gasteiger partial charge >= 0.3 is 0 Å². The first-order valence-electron chi connectivity index (χ1n) is 12.2. The van der Waals surface area contributed by atoms with Gasteiger partial charge in [0.15, 0.2) is 0 Å². The summed E-state index contributed by atoms with van der Waals surface area (Å²) in [5.74, 6) is 0.198. The van der Waals surface area contributed by atoms with Crippen molar-refractivity contribution in [3.05, 3.63) is 94.2 Å². The summed E-state index contributed by atoms with van der Waals surface area (Å²) < 4.78 is 11.4. The summed E-state index contributed by atoms with van der Waals surface area (Å²) in [7, 11) is 1.64. The van der Waals surface area contributed by atoms with E-state index < -0.39 is 4.92 Å². The Labute approximate surface area is 218 Å². The number of nitrogens with zero attached hydrogens (tertiary/aromatic N) is 3. The number of carbonyl (C=O) groups is 2. The fourth-order valence-electron chi connectivity index (χ4n) is 4.61. The van der Waals surface area contributed by atoms with Crippen LogP contribution in [-0.2, 0) is 11.2 Å². The third-order valence-electron chi connectivity index (χ3n) is 6.56. The minimum atomic E-state index is -0.491. The van der Waals surface area contributed by atoms with E-state index in [2.05, 4.69) is 10.2 Å². The molecule has 0 unspecified atom stereocenters. The van der Waals surface area contributed by atoms with Crippen molar-refractivity contribution in [3.63, 3.8) is 0 Å². The van der Waals surface area contributed by atoms with Crippen LogP contribution in [0, 0.1) is 10.1 Å². The molecule has 0 radical (unpaired) electrons. The number of para-hydroxylation sites is 3. The van der Waals surface area contributed by atoms with E-state index in [0.29, 0.717) is 48.4 Å². The van der Waals surface area contributed by atoms with E-state index in [-0.39, 0.29) is 29.7 Å². The number of ether oxygens (including phenoxy) is 1. The lowest BCUT2D eigenvalue weighted by atomic mass is 10.1. The second-order valence-corrected chi connectivity index (χ2v) is 8.90. The number of hydrogen-bond acceptors (Lipinski definition) is 7. The van der Waals surface area contributed by atoms with E-state index in [1.807, 2.05) is 30.3 Å². The zero-order valence-electron chi connectivity index (χ0n) is 20.8. The summed E-state index contributed by atoms with van der Waals surface area (Å²) in [5.41, 5.74) is 2.36. The molecule has 0 aliphatic carbocycles. The Kier molecular flexibility index (Phi) is 6.94. The van der Waals surface area contributed by atoms with E-state index in [1.165, 1.54) is 12.1 Å². The lowest BCUT2D eigenvalue weighted by Gasteiger charge is -2.36. The number of nitro groups is 1. The fourth-order valence-corrected chi connectivity index (χ4v) is 4.61. The van der Waals surface area contributed by atoms with Gasteiger partial charge < -0.3 is 24.3 Å². The van der Waals surface area contributed by atoms with Crippen molar-refractivity contribution in [2.75, 3.05) is 43.5 Å². The number of methoxy groups -OCH3 is 1. The molecule has 3 aromatic carbocycles. The van der Waals surface area contributed by atoms with Crippen molar-refractivity contribution in [1.29, 1.82) is 0 Å². The Morgan fingerprint density at radius 3 is 2.37 bits per heavy atom. The lowest BCUT2D eigenvalue weighted by Crippen LogP contribution is -2.49. The highest BCUT2D eigenvalue weighted by atomic mass is 16.6. The van der Waals surface area contributed by atoms with Crippen LogP contribution in [0.5, 0.6) is 5.75 Å². The Morgan fingerprint density at radius 1 is 0.974 bits per heavy atom. The van der Waals surface area contributed by atoms with Crippen LogP contribution in [0.4, 0.5) is 17.1 Å². The number of non-ortho nitro benzene ring substituents is 1. The number of fused-ring (bicyclic) bond motifs is 1. The number of anilines is 2. The highest BCUT2D eigenvalue weighted by Gasteiger charge is 2.29. The number of piperazine rings is 1. The van der Waals surface area contributed by atoms with Gasteiger partial charge in [-0.15, -0.1) is 0 Å². The zero-order valence-corrected chi connectivity index (χ0v) is 20.8. The molecule has 0 saturated carbocycles. The van der Waals surface area contributed by atoms with Gasteiger partial charge in [0.2, 0.25) is 11.7 Å². The molecule has 10 nitrogen and oxygen atoms in total. The number of nitrogens with one attached hydrogen (secondary N) is 1. The molecule has 5 rings (SSSR count). The average Bonchev–Trinajstić information content (AvgIpc) is 3.31. The van der Waals surface area contributed by atoms with Gasteiger partial charge in [0, 0.05) is 43.7 Å². The molecule has 1 aliphatic rings. The second kappa shape index (κ2) is 10.6. The van der Waals surface area contributed by atoms with Crippen LogP contribution in [0.15, 0.2) is 77.2 Å². The van der Waals surface area contributed by atoms with Gasteiger partial charge in [-0.25, -0.2) is 0 Å². The van der Waals surface area contributed by atoms with Crippen molar-refractivity contribution >= 4 is 39.8 Å². The summed E-state index contributed by atoms with van der Waals surface area (Å²) in [6.07, 6.45) is -0.0112. The first-order valence-corrected chi connectivity index (χ1v) is 12.2. The number of furan rings is 1. The quantitative estimate of drug-likeness (QED) is 0.285. The van der Waals surface area contributed by atoms with Crippen LogP contribution in [0.3, 0.4) is 0 Å². The van der Waals surface area contributed by atoms with Gasteiger partial charge in [0.05, 0.1) is 24.1 Å². The molecule has 10 heteroatoms. The summed E-state index contributed by atoms with van der Waals surface area (Å²) >= 11 is 0. The number of amides is 2. The normalized spacial score (nSPS) is 13.4. The van der Waals surface area contributed by atoms with Crippen LogP contribution in [0.2, 0.25) is 0 Å². The van der Waals surface area contributed by atoms with Crippen LogP contribution in [0.1, 0.15) is 16.1 Å². The molecule has 1 aliphatic heterocycles. The number of carbonyl (C=O) groups excluding carboxylic acids is 2. The van der Waals surface area contributed by atoms with E-state index in [9.17, 15) is 19.7 Å². The zero-order chi connectivity index (χ0) is 26.6. The highest BCUT2D eigenvalue weighted by molar-refractivity contribution is 6.11. The molecule has 2 heterocycles. The van der Waals surface area contributed by atoms with E-state index in [1.54, 1.807) is 42.3 Å². The number of hydrogen-bond donors (Lipinski definition) is 1. The van der Waals surface area contributed by atoms with Gasteiger partial charge in [-0.3, -0.25) is 19.7 Å². The molecule has 1 N–H and O–H groups in total. The maximum absolute atomic E-state index is 13.6. The van der Waals surface area contributed by atoms with Crippen LogP contribution in [-0.4, -0.2) is 54.9 Å². The van der Waals surface area contributed by atoms with E-state index >= 15 is 0 Å². The van der Waals surface area contributed by atoms with Crippen LogP contribution >= 0.6 is 0 Å². The minimum Gasteiger partial charge on any atom is -0.495 e. The molecule has 0 atom stereocenters.